The molecular weight excluding hydrogens is 734 g/mol. The van der Waals surface area contributed by atoms with Crippen molar-refractivity contribution in [2.45, 2.75) is 79.7 Å². The van der Waals surface area contributed by atoms with Crippen molar-refractivity contribution in [1.82, 2.24) is 19.9 Å². The van der Waals surface area contributed by atoms with Gasteiger partial charge in [0.25, 0.3) is 0 Å². The van der Waals surface area contributed by atoms with E-state index in [1.165, 1.54) is 29.8 Å². The minimum atomic E-state index is -4.68. The zero-order valence-corrected chi connectivity index (χ0v) is 33.7. The van der Waals surface area contributed by atoms with Crippen LogP contribution in [-0.4, -0.2) is 75.0 Å². The lowest BCUT2D eigenvalue weighted by atomic mass is 9.50. The fourth-order valence-electron chi connectivity index (χ4n) is 8.01. The molecule has 1 unspecified atom stereocenters. The number of rotatable bonds is 15. The number of hydrogen-bond donors (Lipinski definition) is 4. The lowest BCUT2D eigenvalue weighted by Gasteiger charge is -2.61. The molecule has 294 valence electrons. The van der Waals surface area contributed by atoms with Crippen LogP contribution in [0, 0.1) is 22.1 Å². The second kappa shape index (κ2) is 17.0. The second-order valence-corrected chi connectivity index (χ2v) is 18.0. The summed E-state index contributed by atoms with van der Waals surface area (Å²) in [4.78, 5) is 48.4. The topological polar surface area (TPSA) is 168 Å². The van der Waals surface area contributed by atoms with Crippen LogP contribution in [0.5, 0.6) is 11.5 Å². The van der Waals surface area contributed by atoms with Crippen LogP contribution in [0.15, 0.2) is 48.9 Å². The van der Waals surface area contributed by atoms with Gasteiger partial charge in [-0.1, -0.05) is 60.1 Å². The number of piperidine rings is 1. The Morgan fingerprint density at radius 3 is 2.48 bits per heavy atom. The number of thiazole rings is 1. The largest absolute Gasteiger partial charge is 0.493 e. The first-order chi connectivity index (χ1) is 25.4. The standard InChI is InChI=1S/C38H52FN6O7PS/c1-36(2,3)38(37(4,5)6,23-52-53(47,48)49)32-15-10-11-16-45(32)17-12-18-51-31-21-29-26(20-30(31)50-7)34(42-24-41-29)44-35-40-22-25(54-35)19-33(46)43-28-14-9-8-13-27(28)39/h8-9,13-14,20-22,24,32H,10-12,15-19,23H2,1-7H3,(H,43,46)(H2,47,48,49)(H,40,41,42,44). The summed E-state index contributed by atoms with van der Waals surface area (Å²) in [5.41, 5.74) is -0.460. The predicted molar refractivity (Wildman–Crippen MR) is 209 cm³/mol. The first kappa shape index (κ1) is 41.4. The van der Waals surface area contributed by atoms with Crippen molar-refractivity contribution in [1.29, 1.82) is 0 Å². The summed E-state index contributed by atoms with van der Waals surface area (Å²) in [6.45, 7) is 14.8. The molecule has 1 aliphatic heterocycles. The van der Waals surface area contributed by atoms with Gasteiger partial charge in [-0.25, -0.2) is 23.9 Å². The highest BCUT2D eigenvalue weighted by molar-refractivity contribution is 7.46. The number of carbonyl (C=O) groups is 1. The molecule has 0 bridgehead atoms. The Morgan fingerprint density at radius 1 is 1.06 bits per heavy atom. The Hall–Kier alpha value is -3.72. The molecule has 3 heterocycles. The van der Waals surface area contributed by atoms with Gasteiger partial charge in [-0.3, -0.25) is 14.2 Å². The van der Waals surface area contributed by atoms with Gasteiger partial charge < -0.3 is 29.9 Å². The minimum absolute atomic E-state index is 0.0320. The fraction of sp³-hybridized carbons (Fsp3) is 0.526. The zero-order chi connectivity index (χ0) is 39.3. The van der Waals surface area contributed by atoms with E-state index in [1.54, 1.807) is 25.4 Å². The van der Waals surface area contributed by atoms with Crippen molar-refractivity contribution in [2.24, 2.45) is 16.2 Å². The molecule has 4 N–H and O–H groups in total. The van der Waals surface area contributed by atoms with E-state index < -0.39 is 19.1 Å². The number of phosphoric acid groups is 1. The van der Waals surface area contributed by atoms with Gasteiger partial charge in [-0.05, 0) is 54.8 Å². The van der Waals surface area contributed by atoms with Gasteiger partial charge in [0.15, 0.2) is 16.6 Å². The van der Waals surface area contributed by atoms with E-state index in [2.05, 4.69) is 72.0 Å². The maximum Gasteiger partial charge on any atom is 0.469 e. The van der Waals surface area contributed by atoms with Gasteiger partial charge >= 0.3 is 7.82 Å². The number of halogens is 1. The van der Waals surface area contributed by atoms with Crippen molar-refractivity contribution in [3.05, 3.63) is 59.6 Å². The van der Waals surface area contributed by atoms with Crippen LogP contribution in [0.25, 0.3) is 10.9 Å². The van der Waals surface area contributed by atoms with Gasteiger partial charge in [-0.2, -0.15) is 0 Å². The van der Waals surface area contributed by atoms with Gasteiger partial charge in [0, 0.05) is 40.5 Å². The molecule has 5 rings (SSSR count). The smallest absolute Gasteiger partial charge is 0.469 e. The molecule has 16 heteroatoms. The summed E-state index contributed by atoms with van der Waals surface area (Å²) < 4.78 is 43.3. The lowest BCUT2D eigenvalue weighted by Crippen LogP contribution is -2.63. The molecule has 1 saturated heterocycles. The quantitative estimate of drug-likeness (QED) is 0.0679. The Bertz CT molecular complexity index is 1950. The van der Waals surface area contributed by atoms with Crippen LogP contribution in [0.2, 0.25) is 0 Å². The number of aromatic nitrogens is 3. The molecule has 0 radical (unpaired) electrons. The second-order valence-electron chi connectivity index (χ2n) is 15.7. The van der Waals surface area contributed by atoms with E-state index in [4.69, 9.17) is 14.0 Å². The summed E-state index contributed by atoms with van der Waals surface area (Å²) in [5, 5.41) is 7.02. The van der Waals surface area contributed by atoms with Crippen molar-refractivity contribution >= 4 is 52.6 Å². The number of ether oxygens (including phenoxy) is 2. The first-order valence-electron chi connectivity index (χ1n) is 18.1. The molecule has 13 nitrogen and oxygen atoms in total. The van der Waals surface area contributed by atoms with Gasteiger partial charge in [-0.15, -0.1) is 11.3 Å². The van der Waals surface area contributed by atoms with E-state index in [1.807, 2.05) is 12.1 Å². The molecule has 4 aromatic rings. The summed E-state index contributed by atoms with van der Waals surface area (Å²) in [6.07, 6.45) is 6.77. The number of nitrogens with zero attached hydrogens (tertiary/aromatic N) is 4. The van der Waals surface area contributed by atoms with Gasteiger partial charge in [0.05, 0.1) is 37.9 Å². The lowest BCUT2D eigenvalue weighted by molar-refractivity contribution is -0.142. The summed E-state index contributed by atoms with van der Waals surface area (Å²) >= 11 is 1.29. The number of benzene rings is 2. The molecular formula is C38H52FN6O7PS. The zero-order valence-electron chi connectivity index (χ0n) is 32.0. The van der Waals surface area contributed by atoms with E-state index >= 15 is 0 Å². The van der Waals surface area contributed by atoms with Crippen molar-refractivity contribution in [3.8, 4) is 11.5 Å². The average molecular weight is 787 g/mol. The van der Waals surface area contributed by atoms with E-state index in [-0.39, 0.29) is 41.5 Å². The Kier molecular flexibility index (Phi) is 13.0. The Labute approximate surface area is 320 Å². The highest BCUT2D eigenvalue weighted by atomic mass is 32.1. The maximum atomic E-state index is 14.0. The molecule has 54 heavy (non-hydrogen) atoms. The number of anilines is 3. The monoisotopic (exact) mass is 786 g/mol. The number of methoxy groups -OCH3 is 1. The molecule has 1 atom stereocenters. The third-order valence-electron chi connectivity index (χ3n) is 10.3. The summed E-state index contributed by atoms with van der Waals surface area (Å²) in [5.74, 6) is 0.692. The summed E-state index contributed by atoms with van der Waals surface area (Å²) in [7, 11) is -3.11. The molecule has 0 spiro atoms. The molecule has 0 aliphatic carbocycles. The third-order valence-corrected chi connectivity index (χ3v) is 11.7. The number of amides is 1. The number of likely N-dealkylation sites (tertiary alicyclic amines) is 1. The molecule has 1 fully saturated rings. The maximum absolute atomic E-state index is 14.0. The van der Waals surface area contributed by atoms with Gasteiger partial charge in [0.2, 0.25) is 5.91 Å². The van der Waals surface area contributed by atoms with Crippen LogP contribution in [-0.2, 0) is 20.3 Å². The third kappa shape index (κ3) is 9.74. The number of para-hydroxylation sites is 1. The minimum Gasteiger partial charge on any atom is -0.493 e. The van der Waals surface area contributed by atoms with Crippen molar-refractivity contribution < 1.29 is 37.5 Å². The van der Waals surface area contributed by atoms with Crippen LogP contribution in [0.3, 0.4) is 0 Å². The van der Waals surface area contributed by atoms with E-state index in [9.17, 15) is 23.5 Å². The van der Waals surface area contributed by atoms with E-state index in [0.29, 0.717) is 51.3 Å². The average Bonchev–Trinajstić information content (AvgIpc) is 3.52. The number of carbonyl (C=O) groups excluding carboxylic acids is 1. The van der Waals surface area contributed by atoms with Crippen LogP contribution < -0.4 is 20.1 Å². The number of phosphoric ester groups is 1. The number of nitrogens with one attached hydrogen (secondary N) is 2. The molecule has 2 aromatic carbocycles. The van der Waals surface area contributed by atoms with Crippen molar-refractivity contribution in [2.75, 3.05) is 44.0 Å². The summed E-state index contributed by atoms with van der Waals surface area (Å²) in [6, 6.07) is 9.67. The fourth-order valence-corrected chi connectivity index (χ4v) is 9.19. The van der Waals surface area contributed by atoms with Crippen LogP contribution >= 0.6 is 19.2 Å². The van der Waals surface area contributed by atoms with Crippen LogP contribution in [0.4, 0.5) is 21.0 Å². The van der Waals surface area contributed by atoms with E-state index in [0.717, 1.165) is 32.4 Å². The number of fused-ring (bicyclic) bond motifs is 1. The highest BCUT2D eigenvalue weighted by Gasteiger charge is 2.58. The molecule has 1 aliphatic rings. The van der Waals surface area contributed by atoms with Gasteiger partial charge in [0.1, 0.15) is 18.0 Å². The molecule has 2 aromatic heterocycles. The normalized spacial score (nSPS) is 16.0. The molecule has 0 saturated carbocycles. The first-order valence-corrected chi connectivity index (χ1v) is 20.4. The molecule has 1 amide bonds. The SMILES string of the molecule is COc1cc2c(Nc3ncc(CC(=O)Nc4ccccc4F)s3)ncnc2cc1OCCCN1CCCCC1C(COP(=O)(O)O)(C(C)(C)C)C(C)(C)C. The van der Waals surface area contributed by atoms with Crippen LogP contribution in [0.1, 0.15) is 72.1 Å². The Balaban J connectivity index is 1.25. The number of hydrogen-bond acceptors (Lipinski definition) is 11. The predicted octanol–water partition coefficient (Wildman–Crippen LogP) is 7.97. The highest BCUT2D eigenvalue weighted by Crippen LogP contribution is 2.58. The Morgan fingerprint density at radius 2 is 1.80 bits per heavy atom. The van der Waals surface area contributed by atoms with Crippen molar-refractivity contribution in [3.63, 3.8) is 0 Å².